The molecule has 0 atom stereocenters. The fourth-order valence-electron chi connectivity index (χ4n) is 2.59. The molecular formula is C20H18N4OS. The maximum absolute atomic E-state index is 12.8. The van der Waals surface area contributed by atoms with Crippen LogP contribution in [-0.4, -0.2) is 28.2 Å². The maximum Gasteiger partial charge on any atom is 0.237 e. The molecule has 0 bridgehead atoms. The average Bonchev–Trinajstić information content (AvgIpc) is 2.68. The van der Waals surface area contributed by atoms with Crippen LogP contribution in [0.25, 0.3) is 10.9 Å². The topological polar surface area (TPSA) is 69.9 Å². The summed E-state index contributed by atoms with van der Waals surface area (Å²) in [7, 11) is 0. The van der Waals surface area contributed by atoms with Gasteiger partial charge in [0.15, 0.2) is 0 Å². The highest BCUT2D eigenvalue weighted by molar-refractivity contribution is 8.00. The number of benzene rings is 2. The fourth-order valence-corrected chi connectivity index (χ4v) is 3.45. The Labute approximate surface area is 156 Å². The van der Waals surface area contributed by atoms with Gasteiger partial charge in [-0.05, 0) is 25.1 Å². The summed E-state index contributed by atoms with van der Waals surface area (Å²) in [6.45, 7) is 2.38. The Morgan fingerprint density at radius 2 is 1.92 bits per heavy atom. The van der Waals surface area contributed by atoms with Crippen LogP contribution in [0.4, 0.5) is 5.69 Å². The van der Waals surface area contributed by atoms with Crippen LogP contribution < -0.4 is 4.90 Å². The first-order valence-electron chi connectivity index (χ1n) is 8.25. The van der Waals surface area contributed by atoms with Crippen LogP contribution in [0, 0.1) is 18.3 Å². The lowest BCUT2D eigenvalue weighted by Gasteiger charge is -2.22. The third kappa shape index (κ3) is 4.19. The van der Waals surface area contributed by atoms with E-state index in [1.807, 2.05) is 55.5 Å². The second-order valence-electron chi connectivity index (χ2n) is 5.77. The molecule has 0 aliphatic carbocycles. The van der Waals surface area contributed by atoms with E-state index in [-0.39, 0.29) is 11.7 Å². The maximum atomic E-state index is 12.8. The molecule has 3 rings (SSSR count). The molecule has 1 amide bonds. The summed E-state index contributed by atoms with van der Waals surface area (Å²) in [5, 5.41) is 10.6. The average molecular weight is 362 g/mol. The van der Waals surface area contributed by atoms with Crippen LogP contribution in [0.5, 0.6) is 0 Å². The van der Waals surface area contributed by atoms with Gasteiger partial charge < -0.3 is 4.90 Å². The minimum absolute atomic E-state index is 0.0446. The summed E-state index contributed by atoms with van der Waals surface area (Å²) in [5.41, 5.74) is 2.80. The zero-order valence-electron chi connectivity index (χ0n) is 14.4. The van der Waals surface area contributed by atoms with Gasteiger partial charge in [0.2, 0.25) is 5.91 Å². The van der Waals surface area contributed by atoms with Crippen molar-refractivity contribution in [2.24, 2.45) is 0 Å². The minimum Gasteiger partial charge on any atom is -0.311 e. The number of rotatable bonds is 6. The highest BCUT2D eigenvalue weighted by Crippen LogP contribution is 2.25. The number of aryl methyl sites for hydroxylation is 1. The Balaban J connectivity index is 1.77. The molecule has 5 nitrogen and oxygen atoms in total. The third-order valence-corrected chi connectivity index (χ3v) is 4.92. The van der Waals surface area contributed by atoms with Crippen LogP contribution in [0.15, 0.2) is 59.9 Å². The number of carbonyl (C=O) groups is 1. The summed E-state index contributed by atoms with van der Waals surface area (Å²) in [5.74, 6) is 0.206. The van der Waals surface area contributed by atoms with E-state index in [0.717, 1.165) is 27.2 Å². The van der Waals surface area contributed by atoms with Crippen molar-refractivity contribution >= 4 is 34.3 Å². The predicted molar refractivity (Wildman–Crippen MR) is 104 cm³/mol. The van der Waals surface area contributed by atoms with Crippen molar-refractivity contribution in [3.05, 3.63) is 60.4 Å². The third-order valence-electron chi connectivity index (χ3n) is 3.93. The number of amides is 1. The van der Waals surface area contributed by atoms with E-state index in [1.165, 1.54) is 18.1 Å². The molecule has 1 aromatic heterocycles. The molecule has 2 aromatic carbocycles. The first kappa shape index (κ1) is 17.9. The van der Waals surface area contributed by atoms with Gasteiger partial charge in [-0.25, -0.2) is 9.97 Å². The molecule has 3 aromatic rings. The molecule has 0 N–H and O–H groups in total. The van der Waals surface area contributed by atoms with Gasteiger partial charge in [0.1, 0.15) is 11.4 Å². The van der Waals surface area contributed by atoms with Crippen molar-refractivity contribution in [1.82, 2.24) is 9.97 Å². The Bertz CT molecular complexity index is 945. The standard InChI is InChI=1S/C20H18N4OS/c1-15-7-9-16(10-8-15)24(12-4-11-21)19(25)13-26-20-17-5-2-3-6-18(17)22-14-23-20/h2-3,5-10,14H,4,12-13H2,1H3. The summed E-state index contributed by atoms with van der Waals surface area (Å²) >= 11 is 1.39. The molecule has 0 saturated carbocycles. The zero-order valence-corrected chi connectivity index (χ0v) is 15.2. The number of para-hydroxylation sites is 1. The number of aromatic nitrogens is 2. The van der Waals surface area contributed by atoms with Gasteiger partial charge in [-0.2, -0.15) is 5.26 Å². The summed E-state index contributed by atoms with van der Waals surface area (Å²) in [6.07, 6.45) is 1.81. The molecule has 0 fully saturated rings. The quantitative estimate of drug-likeness (QED) is 0.490. The van der Waals surface area contributed by atoms with E-state index in [1.54, 1.807) is 4.90 Å². The van der Waals surface area contributed by atoms with Crippen molar-refractivity contribution in [1.29, 1.82) is 5.26 Å². The molecule has 0 spiro atoms. The van der Waals surface area contributed by atoms with Crippen LogP contribution in [0.1, 0.15) is 12.0 Å². The summed E-state index contributed by atoms with van der Waals surface area (Å²) < 4.78 is 0. The highest BCUT2D eigenvalue weighted by atomic mass is 32.2. The number of hydrogen-bond donors (Lipinski definition) is 0. The lowest BCUT2D eigenvalue weighted by Crippen LogP contribution is -2.33. The molecule has 26 heavy (non-hydrogen) atoms. The van der Waals surface area contributed by atoms with E-state index in [9.17, 15) is 4.79 Å². The van der Waals surface area contributed by atoms with Gasteiger partial charge in [0.25, 0.3) is 0 Å². The van der Waals surface area contributed by atoms with Gasteiger partial charge in [-0.3, -0.25) is 4.79 Å². The SMILES string of the molecule is Cc1ccc(N(CCC#N)C(=O)CSc2ncnc3ccccc23)cc1. The Hall–Kier alpha value is -2.91. The van der Waals surface area contributed by atoms with Crippen molar-refractivity contribution in [2.75, 3.05) is 17.2 Å². The number of nitrogens with zero attached hydrogens (tertiary/aromatic N) is 4. The smallest absolute Gasteiger partial charge is 0.237 e. The van der Waals surface area contributed by atoms with Crippen LogP contribution in [0.2, 0.25) is 0 Å². The zero-order chi connectivity index (χ0) is 18.4. The number of hydrogen-bond acceptors (Lipinski definition) is 5. The molecule has 0 saturated heterocycles. The highest BCUT2D eigenvalue weighted by Gasteiger charge is 2.16. The largest absolute Gasteiger partial charge is 0.311 e. The molecule has 130 valence electrons. The molecule has 1 heterocycles. The Morgan fingerprint density at radius 1 is 1.15 bits per heavy atom. The Morgan fingerprint density at radius 3 is 2.69 bits per heavy atom. The number of thioether (sulfide) groups is 1. The first-order valence-corrected chi connectivity index (χ1v) is 9.24. The lowest BCUT2D eigenvalue weighted by molar-refractivity contribution is -0.116. The van der Waals surface area contributed by atoms with Gasteiger partial charge >= 0.3 is 0 Å². The van der Waals surface area contributed by atoms with Crippen molar-refractivity contribution in [2.45, 2.75) is 18.4 Å². The van der Waals surface area contributed by atoms with Crippen LogP contribution in [-0.2, 0) is 4.79 Å². The molecule has 0 unspecified atom stereocenters. The molecular weight excluding hydrogens is 344 g/mol. The predicted octanol–water partition coefficient (Wildman–Crippen LogP) is 3.98. The first-order chi connectivity index (χ1) is 12.7. The summed E-state index contributed by atoms with van der Waals surface area (Å²) in [4.78, 5) is 23.0. The molecule has 6 heteroatoms. The number of carbonyl (C=O) groups excluding carboxylic acids is 1. The number of anilines is 1. The lowest BCUT2D eigenvalue weighted by atomic mass is 10.2. The van der Waals surface area contributed by atoms with E-state index >= 15 is 0 Å². The molecule has 0 aliphatic heterocycles. The van der Waals surface area contributed by atoms with Crippen LogP contribution >= 0.6 is 11.8 Å². The monoisotopic (exact) mass is 362 g/mol. The minimum atomic E-state index is -0.0446. The second kappa shape index (κ2) is 8.45. The van der Waals surface area contributed by atoms with E-state index < -0.39 is 0 Å². The Kier molecular flexibility index (Phi) is 5.82. The van der Waals surface area contributed by atoms with Crippen molar-refractivity contribution in [3.8, 4) is 6.07 Å². The number of fused-ring (bicyclic) bond motifs is 1. The second-order valence-corrected chi connectivity index (χ2v) is 6.74. The van der Waals surface area contributed by atoms with Gasteiger partial charge in [0.05, 0.1) is 23.8 Å². The number of nitriles is 1. The molecule has 0 radical (unpaired) electrons. The van der Waals surface area contributed by atoms with E-state index in [4.69, 9.17) is 5.26 Å². The van der Waals surface area contributed by atoms with Crippen molar-refractivity contribution in [3.63, 3.8) is 0 Å². The van der Waals surface area contributed by atoms with Gasteiger partial charge in [0, 0.05) is 17.6 Å². The van der Waals surface area contributed by atoms with Crippen molar-refractivity contribution < 1.29 is 4.79 Å². The van der Waals surface area contributed by atoms with E-state index in [0.29, 0.717) is 13.0 Å². The molecule has 0 aliphatic rings. The normalized spacial score (nSPS) is 10.5. The van der Waals surface area contributed by atoms with Gasteiger partial charge in [-0.1, -0.05) is 47.7 Å². The fraction of sp³-hybridized carbons (Fsp3) is 0.200. The summed E-state index contributed by atoms with van der Waals surface area (Å²) in [6, 6.07) is 17.6. The van der Waals surface area contributed by atoms with Gasteiger partial charge in [-0.15, -0.1) is 0 Å². The van der Waals surface area contributed by atoms with Crippen LogP contribution in [0.3, 0.4) is 0 Å². The van der Waals surface area contributed by atoms with E-state index in [2.05, 4.69) is 16.0 Å².